The summed E-state index contributed by atoms with van der Waals surface area (Å²) in [6.45, 7) is 6.61. The smallest absolute Gasteiger partial charge is 0.131 e. The van der Waals surface area contributed by atoms with Gasteiger partial charge >= 0.3 is 0 Å². The molecule has 1 fully saturated rings. The first kappa shape index (κ1) is 15.0. The second-order valence-electron chi connectivity index (χ2n) is 6.77. The summed E-state index contributed by atoms with van der Waals surface area (Å²) in [6, 6.07) is 0. The highest BCUT2D eigenvalue weighted by atomic mass is 15.0. The van der Waals surface area contributed by atoms with Crippen molar-refractivity contribution in [2.24, 2.45) is 5.92 Å². The van der Waals surface area contributed by atoms with E-state index in [1.165, 1.54) is 55.5 Å². The largest absolute Gasteiger partial charge is 0.312 e. The molecule has 2 unspecified atom stereocenters. The molecule has 3 heteroatoms. The summed E-state index contributed by atoms with van der Waals surface area (Å²) < 4.78 is 0. The Bertz CT molecular complexity index is 484. The van der Waals surface area contributed by atoms with Gasteiger partial charge in [-0.05, 0) is 25.2 Å². The third-order valence-electron chi connectivity index (χ3n) is 5.25. The van der Waals surface area contributed by atoms with E-state index in [4.69, 9.17) is 9.97 Å². The Labute approximate surface area is 129 Å². The van der Waals surface area contributed by atoms with Crippen molar-refractivity contribution in [3.63, 3.8) is 0 Å². The molecule has 0 amide bonds. The lowest BCUT2D eigenvalue weighted by atomic mass is 9.79. The van der Waals surface area contributed by atoms with Gasteiger partial charge in [0.25, 0.3) is 0 Å². The van der Waals surface area contributed by atoms with Crippen molar-refractivity contribution in [3.8, 4) is 0 Å². The van der Waals surface area contributed by atoms with E-state index >= 15 is 0 Å². The van der Waals surface area contributed by atoms with Gasteiger partial charge in [-0.2, -0.15) is 0 Å². The second-order valence-corrected chi connectivity index (χ2v) is 6.77. The van der Waals surface area contributed by atoms with E-state index in [0.29, 0.717) is 5.92 Å². The van der Waals surface area contributed by atoms with Gasteiger partial charge in [-0.1, -0.05) is 39.5 Å². The van der Waals surface area contributed by atoms with E-state index in [2.05, 4.69) is 19.2 Å². The van der Waals surface area contributed by atoms with Gasteiger partial charge in [-0.3, -0.25) is 0 Å². The number of fused-ring (bicyclic) bond motifs is 1. The average molecular weight is 287 g/mol. The minimum atomic E-state index is 0.611. The molecular formula is C18H29N3. The molecule has 0 spiro atoms. The van der Waals surface area contributed by atoms with Crippen molar-refractivity contribution in [1.29, 1.82) is 0 Å². The normalized spacial score (nSPS) is 25.6. The predicted molar refractivity (Wildman–Crippen MR) is 86.4 cm³/mol. The third-order valence-corrected chi connectivity index (χ3v) is 5.25. The quantitative estimate of drug-likeness (QED) is 0.916. The number of rotatable bonds is 4. The van der Waals surface area contributed by atoms with Crippen molar-refractivity contribution >= 4 is 0 Å². The Morgan fingerprint density at radius 3 is 2.90 bits per heavy atom. The number of nitrogens with zero attached hydrogens (tertiary/aromatic N) is 2. The van der Waals surface area contributed by atoms with Crippen LogP contribution in [-0.4, -0.2) is 16.5 Å². The van der Waals surface area contributed by atoms with E-state index < -0.39 is 0 Å². The van der Waals surface area contributed by atoms with Crippen LogP contribution in [0.15, 0.2) is 0 Å². The van der Waals surface area contributed by atoms with Crippen molar-refractivity contribution in [3.05, 3.63) is 22.8 Å². The molecule has 2 heterocycles. The fraction of sp³-hybridized carbons (Fsp3) is 0.778. The molecule has 3 rings (SSSR count). The minimum absolute atomic E-state index is 0.611. The first-order chi connectivity index (χ1) is 10.3. The Morgan fingerprint density at radius 1 is 1.19 bits per heavy atom. The average Bonchev–Trinajstić information content (AvgIpc) is 2.55. The van der Waals surface area contributed by atoms with E-state index in [0.717, 1.165) is 37.7 Å². The number of hydrogen-bond donors (Lipinski definition) is 1. The van der Waals surface area contributed by atoms with Crippen molar-refractivity contribution in [2.45, 2.75) is 77.7 Å². The zero-order valence-corrected chi connectivity index (χ0v) is 13.6. The Hall–Kier alpha value is -0.960. The number of aryl methyl sites for hydroxylation is 1. The molecule has 116 valence electrons. The van der Waals surface area contributed by atoms with Crippen molar-refractivity contribution in [1.82, 2.24) is 15.3 Å². The summed E-state index contributed by atoms with van der Waals surface area (Å²) >= 11 is 0. The Morgan fingerprint density at radius 2 is 2.10 bits per heavy atom. The number of hydrogen-bond acceptors (Lipinski definition) is 3. The fourth-order valence-corrected chi connectivity index (χ4v) is 3.96. The predicted octanol–water partition coefficient (Wildman–Crippen LogP) is 3.76. The second kappa shape index (κ2) is 6.87. The number of nitrogens with one attached hydrogen (secondary N) is 1. The molecular weight excluding hydrogens is 258 g/mol. The SMILES string of the molecule is CCCc1nc(C2CCCC(CC)C2)nc2c1CNCC2. The van der Waals surface area contributed by atoms with E-state index in [9.17, 15) is 0 Å². The molecule has 1 aliphatic carbocycles. The summed E-state index contributed by atoms with van der Waals surface area (Å²) in [5.74, 6) is 2.66. The lowest BCUT2D eigenvalue weighted by Gasteiger charge is -2.29. The van der Waals surface area contributed by atoms with E-state index in [-0.39, 0.29) is 0 Å². The van der Waals surface area contributed by atoms with Gasteiger partial charge in [-0.25, -0.2) is 9.97 Å². The first-order valence-corrected chi connectivity index (χ1v) is 8.91. The zero-order chi connectivity index (χ0) is 14.7. The van der Waals surface area contributed by atoms with Crippen LogP contribution in [0.4, 0.5) is 0 Å². The third kappa shape index (κ3) is 3.28. The van der Waals surface area contributed by atoms with Crippen LogP contribution in [0.2, 0.25) is 0 Å². The van der Waals surface area contributed by atoms with Gasteiger partial charge in [-0.15, -0.1) is 0 Å². The molecule has 0 saturated heterocycles. The highest BCUT2D eigenvalue weighted by molar-refractivity contribution is 5.29. The summed E-state index contributed by atoms with van der Waals surface area (Å²) in [5.41, 5.74) is 4.05. The molecule has 21 heavy (non-hydrogen) atoms. The highest BCUT2D eigenvalue weighted by Gasteiger charge is 2.26. The van der Waals surface area contributed by atoms with Crippen LogP contribution in [0.1, 0.15) is 81.1 Å². The Balaban J connectivity index is 1.89. The number of aromatic nitrogens is 2. The molecule has 2 aliphatic rings. The van der Waals surface area contributed by atoms with Crippen LogP contribution in [0, 0.1) is 5.92 Å². The van der Waals surface area contributed by atoms with Crippen molar-refractivity contribution in [2.75, 3.05) is 6.54 Å². The van der Waals surface area contributed by atoms with Gasteiger partial charge in [0.15, 0.2) is 0 Å². The summed E-state index contributed by atoms with van der Waals surface area (Å²) in [4.78, 5) is 10.0. The van der Waals surface area contributed by atoms with Crippen LogP contribution < -0.4 is 5.32 Å². The summed E-state index contributed by atoms with van der Waals surface area (Å²) in [6.07, 6.45) is 10.0. The lowest BCUT2D eigenvalue weighted by molar-refractivity contribution is 0.306. The maximum absolute atomic E-state index is 5.02. The van der Waals surface area contributed by atoms with Crippen molar-refractivity contribution < 1.29 is 0 Å². The van der Waals surface area contributed by atoms with E-state index in [1.54, 1.807) is 0 Å². The van der Waals surface area contributed by atoms with Crippen LogP contribution in [0.3, 0.4) is 0 Å². The monoisotopic (exact) mass is 287 g/mol. The first-order valence-electron chi connectivity index (χ1n) is 8.91. The van der Waals surface area contributed by atoms with Crippen LogP contribution in [0.25, 0.3) is 0 Å². The van der Waals surface area contributed by atoms with Crippen LogP contribution in [-0.2, 0) is 19.4 Å². The highest BCUT2D eigenvalue weighted by Crippen LogP contribution is 2.36. The molecule has 1 N–H and O–H groups in total. The summed E-state index contributed by atoms with van der Waals surface area (Å²) in [5, 5.41) is 3.47. The molecule has 1 aromatic heterocycles. The standard InChI is InChI=1S/C18H29N3/c1-3-6-16-15-12-19-10-9-17(15)21-18(20-16)14-8-5-7-13(4-2)11-14/h13-14,19H,3-12H2,1-2H3. The Kier molecular flexibility index (Phi) is 4.89. The molecule has 1 aliphatic heterocycles. The summed E-state index contributed by atoms with van der Waals surface area (Å²) in [7, 11) is 0. The molecule has 0 radical (unpaired) electrons. The van der Waals surface area contributed by atoms with Gasteiger partial charge in [0.1, 0.15) is 5.82 Å². The van der Waals surface area contributed by atoms with Gasteiger partial charge < -0.3 is 5.32 Å². The molecule has 0 aromatic carbocycles. The maximum Gasteiger partial charge on any atom is 0.131 e. The maximum atomic E-state index is 5.02. The minimum Gasteiger partial charge on any atom is -0.312 e. The van der Waals surface area contributed by atoms with Crippen LogP contribution >= 0.6 is 0 Å². The van der Waals surface area contributed by atoms with E-state index in [1.807, 2.05) is 0 Å². The van der Waals surface area contributed by atoms with Gasteiger partial charge in [0.2, 0.25) is 0 Å². The molecule has 1 saturated carbocycles. The molecule has 0 bridgehead atoms. The van der Waals surface area contributed by atoms with Gasteiger partial charge in [0, 0.05) is 36.7 Å². The van der Waals surface area contributed by atoms with Gasteiger partial charge in [0.05, 0.1) is 5.69 Å². The molecule has 3 nitrogen and oxygen atoms in total. The topological polar surface area (TPSA) is 37.8 Å². The molecule has 2 atom stereocenters. The zero-order valence-electron chi connectivity index (χ0n) is 13.6. The van der Waals surface area contributed by atoms with Crippen LogP contribution in [0.5, 0.6) is 0 Å². The lowest BCUT2D eigenvalue weighted by Crippen LogP contribution is -2.28. The fourth-order valence-electron chi connectivity index (χ4n) is 3.96. The molecule has 1 aromatic rings.